The Hall–Kier alpha value is -3.79. The Bertz CT molecular complexity index is 1200. The molecule has 3 aromatic rings. The molecule has 2 N–H and O–H groups in total. The summed E-state index contributed by atoms with van der Waals surface area (Å²) in [6.07, 6.45) is 6.32. The van der Waals surface area contributed by atoms with Crippen molar-refractivity contribution in [3.63, 3.8) is 0 Å². The summed E-state index contributed by atoms with van der Waals surface area (Å²) >= 11 is 0. The second kappa shape index (κ2) is 10.4. The van der Waals surface area contributed by atoms with Crippen LogP contribution in [0.15, 0.2) is 53.9 Å². The number of anilines is 1. The van der Waals surface area contributed by atoms with Crippen molar-refractivity contribution < 1.29 is 13.5 Å². The SMILES string of the molecule is CCc1cnc(N2CCC(COc3c(F)cc(-c4ccc(C5=NNN(C)N5)cc4)cc3F)CC2)nc1. The van der Waals surface area contributed by atoms with Crippen molar-refractivity contribution in [3.8, 4) is 16.9 Å². The standard InChI is InChI=1S/C26H29F2N7O/c1-3-17-14-29-26(30-15-17)35-10-8-18(9-11-35)16-36-24-22(27)12-21(13-23(24)28)19-4-6-20(7-5-19)25-31-33-34(2)32-25/h4-7,12-15,18,33H,3,8-11,16H2,1-2H3,(H,31,32). The highest BCUT2D eigenvalue weighted by atomic mass is 19.1. The number of hydrazine groups is 2. The van der Waals surface area contributed by atoms with Crippen LogP contribution in [0.5, 0.6) is 5.75 Å². The summed E-state index contributed by atoms with van der Waals surface area (Å²) in [5, 5.41) is 5.77. The van der Waals surface area contributed by atoms with E-state index in [2.05, 4.69) is 37.9 Å². The highest BCUT2D eigenvalue weighted by molar-refractivity contribution is 5.99. The number of piperidine rings is 1. The number of nitrogens with one attached hydrogen (secondary N) is 2. The minimum absolute atomic E-state index is 0.211. The van der Waals surface area contributed by atoms with Crippen molar-refractivity contribution in [2.75, 3.05) is 31.6 Å². The summed E-state index contributed by atoms with van der Waals surface area (Å²) in [6, 6.07) is 9.93. The lowest BCUT2D eigenvalue weighted by atomic mass is 9.98. The number of rotatable bonds is 7. The van der Waals surface area contributed by atoms with E-state index in [0.717, 1.165) is 49.4 Å². The Labute approximate surface area is 208 Å². The molecule has 5 rings (SSSR count). The van der Waals surface area contributed by atoms with Crippen LogP contribution in [0.1, 0.15) is 30.9 Å². The van der Waals surface area contributed by atoms with Gasteiger partial charge in [-0.2, -0.15) is 0 Å². The molecule has 0 atom stereocenters. The summed E-state index contributed by atoms with van der Waals surface area (Å²) in [5.74, 6) is -0.133. The average molecular weight is 494 g/mol. The number of aryl methyl sites for hydroxylation is 1. The normalized spacial score (nSPS) is 16.4. The van der Waals surface area contributed by atoms with Gasteiger partial charge >= 0.3 is 0 Å². The first-order valence-corrected chi connectivity index (χ1v) is 12.1. The average Bonchev–Trinajstić information content (AvgIpc) is 3.35. The molecule has 3 heterocycles. The van der Waals surface area contributed by atoms with Crippen molar-refractivity contribution in [3.05, 3.63) is 71.6 Å². The summed E-state index contributed by atoms with van der Waals surface area (Å²) in [6.45, 7) is 3.91. The highest BCUT2D eigenvalue weighted by Gasteiger charge is 2.23. The molecule has 0 unspecified atom stereocenters. The zero-order chi connectivity index (χ0) is 25.1. The van der Waals surface area contributed by atoms with Crippen LogP contribution < -0.4 is 20.6 Å². The fourth-order valence-corrected chi connectivity index (χ4v) is 4.34. The number of benzene rings is 2. The number of nitrogens with zero attached hydrogens (tertiary/aromatic N) is 5. The topological polar surface area (TPSA) is 77.9 Å². The van der Waals surface area contributed by atoms with Gasteiger partial charge in [-0.1, -0.05) is 31.2 Å². The maximum absolute atomic E-state index is 14.8. The number of ether oxygens (including phenoxy) is 1. The quantitative estimate of drug-likeness (QED) is 0.517. The van der Waals surface area contributed by atoms with Gasteiger partial charge in [-0.25, -0.2) is 24.3 Å². The van der Waals surface area contributed by atoms with E-state index in [1.165, 1.54) is 12.1 Å². The molecule has 0 saturated carbocycles. The first-order chi connectivity index (χ1) is 17.5. The summed E-state index contributed by atoms with van der Waals surface area (Å²) < 4.78 is 35.3. The molecule has 2 aliphatic rings. The van der Waals surface area contributed by atoms with Crippen LogP contribution in [0.2, 0.25) is 0 Å². The van der Waals surface area contributed by atoms with E-state index in [4.69, 9.17) is 4.74 Å². The molecule has 0 aliphatic carbocycles. The maximum atomic E-state index is 14.8. The fraction of sp³-hybridized carbons (Fsp3) is 0.346. The van der Waals surface area contributed by atoms with Gasteiger partial charge in [-0.15, -0.1) is 10.2 Å². The zero-order valence-corrected chi connectivity index (χ0v) is 20.3. The Morgan fingerprint density at radius 1 is 0.972 bits per heavy atom. The molecule has 8 nitrogen and oxygen atoms in total. The van der Waals surface area contributed by atoms with Crippen LogP contribution in [-0.4, -0.2) is 47.7 Å². The van der Waals surface area contributed by atoms with Crippen molar-refractivity contribution in [2.45, 2.75) is 26.2 Å². The summed E-state index contributed by atoms with van der Waals surface area (Å²) in [7, 11) is 1.80. The van der Waals surface area contributed by atoms with Gasteiger partial charge in [0.25, 0.3) is 0 Å². The molecular formula is C26H29F2N7O. The van der Waals surface area contributed by atoms with Crippen LogP contribution in [0.3, 0.4) is 0 Å². The molecule has 1 aromatic heterocycles. The van der Waals surface area contributed by atoms with Crippen molar-refractivity contribution in [2.24, 2.45) is 11.0 Å². The number of amidine groups is 1. The Morgan fingerprint density at radius 2 is 1.61 bits per heavy atom. The van der Waals surface area contributed by atoms with Crippen LogP contribution in [-0.2, 0) is 6.42 Å². The van der Waals surface area contributed by atoms with Crippen LogP contribution in [0.4, 0.5) is 14.7 Å². The first-order valence-electron chi connectivity index (χ1n) is 12.1. The Balaban J connectivity index is 1.18. The third-order valence-corrected chi connectivity index (χ3v) is 6.54. The lowest BCUT2D eigenvalue weighted by Gasteiger charge is -2.31. The molecule has 0 radical (unpaired) electrons. The first kappa shape index (κ1) is 23.9. The number of hydrazone groups is 1. The van der Waals surface area contributed by atoms with E-state index in [-0.39, 0.29) is 18.3 Å². The lowest BCUT2D eigenvalue weighted by Crippen LogP contribution is -2.37. The van der Waals surface area contributed by atoms with E-state index in [1.807, 2.05) is 24.5 Å². The number of halogens is 2. The fourth-order valence-electron chi connectivity index (χ4n) is 4.34. The molecule has 0 spiro atoms. The Kier molecular flexibility index (Phi) is 6.95. The molecule has 0 bridgehead atoms. The molecule has 0 amide bonds. The lowest BCUT2D eigenvalue weighted by molar-refractivity contribution is 0.207. The minimum atomic E-state index is -0.705. The zero-order valence-electron chi connectivity index (χ0n) is 20.3. The van der Waals surface area contributed by atoms with Gasteiger partial charge in [0.15, 0.2) is 23.2 Å². The van der Waals surface area contributed by atoms with E-state index in [0.29, 0.717) is 17.0 Å². The van der Waals surface area contributed by atoms with Crippen molar-refractivity contribution >= 4 is 11.8 Å². The molecule has 2 aromatic carbocycles. The van der Waals surface area contributed by atoms with Gasteiger partial charge in [0.05, 0.1) is 6.61 Å². The van der Waals surface area contributed by atoms with Gasteiger partial charge in [0.1, 0.15) is 0 Å². The monoisotopic (exact) mass is 493 g/mol. The minimum Gasteiger partial charge on any atom is -0.487 e. The van der Waals surface area contributed by atoms with E-state index in [1.54, 1.807) is 24.3 Å². The maximum Gasteiger partial charge on any atom is 0.225 e. The molecule has 10 heteroatoms. The predicted molar refractivity (Wildman–Crippen MR) is 134 cm³/mol. The molecule has 1 saturated heterocycles. The van der Waals surface area contributed by atoms with Gasteiger partial charge in [-0.3, -0.25) is 5.43 Å². The molecule has 2 aliphatic heterocycles. The third kappa shape index (κ3) is 5.23. The second-order valence-corrected chi connectivity index (χ2v) is 9.06. The largest absolute Gasteiger partial charge is 0.487 e. The van der Waals surface area contributed by atoms with E-state index in [9.17, 15) is 8.78 Å². The number of aromatic nitrogens is 2. The van der Waals surface area contributed by atoms with E-state index >= 15 is 0 Å². The van der Waals surface area contributed by atoms with Crippen LogP contribution in [0.25, 0.3) is 11.1 Å². The van der Waals surface area contributed by atoms with Gasteiger partial charge in [-0.05, 0) is 54.0 Å². The van der Waals surface area contributed by atoms with Crippen LogP contribution in [0, 0.1) is 17.6 Å². The molecular weight excluding hydrogens is 464 g/mol. The molecule has 36 heavy (non-hydrogen) atoms. The Morgan fingerprint density at radius 3 is 2.19 bits per heavy atom. The molecule has 188 valence electrons. The van der Waals surface area contributed by atoms with Gasteiger partial charge in [0, 0.05) is 38.1 Å². The number of hydrogen-bond donors (Lipinski definition) is 2. The smallest absolute Gasteiger partial charge is 0.225 e. The second-order valence-electron chi connectivity index (χ2n) is 9.06. The highest BCUT2D eigenvalue weighted by Crippen LogP contribution is 2.30. The van der Waals surface area contributed by atoms with Gasteiger partial charge in [0.2, 0.25) is 5.95 Å². The van der Waals surface area contributed by atoms with Crippen molar-refractivity contribution in [1.29, 1.82) is 0 Å². The summed E-state index contributed by atoms with van der Waals surface area (Å²) in [4.78, 5) is 11.0. The summed E-state index contributed by atoms with van der Waals surface area (Å²) in [5.41, 5.74) is 8.92. The molecule has 1 fully saturated rings. The van der Waals surface area contributed by atoms with Crippen molar-refractivity contribution in [1.82, 2.24) is 26.0 Å². The van der Waals surface area contributed by atoms with Crippen LogP contribution >= 0.6 is 0 Å². The number of hydrogen-bond acceptors (Lipinski definition) is 8. The van der Waals surface area contributed by atoms with E-state index < -0.39 is 11.6 Å². The van der Waals surface area contributed by atoms with Gasteiger partial charge < -0.3 is 9.64 Å². The predicted octanol–water partition coefficient (Wildman–Crippen LogP) is 3.90. The third-order valence-electron chi connectivity index (χ3n) is 6.54.